The van der Waals surface area contributed by atoms with Gasteiger partial charge in [0.2, 0.25) is 5.95 Å². The Morgan fingerprint density at radius 3 is 2.53 bits per heavy atom. The van der Waals surface area contributed by atoms with Gasteiger partial charge in [0.25, 0.3) is 0 Å². The number of aromatic nitrogens is 2. The first kappa shape index (κ1) is 12.3. The third kappa shape index (κ3) is 3.40. The summed E-state index contributed by atoms with van der Waals surface area (Å²) in [6.07, 6.45) is 3.19. The molecule has 0 bridgehead atoms. The topological polar surface area (TPSA) is 49.8 Å². The summed E-state index contributed by atoms with van der Waals surface area (Å²) >= 11 is 0. The standard InChI is InChI=1S/C13H22N4/c1-3-11-7-12(4-2)17-13(16-11)15-9-10-5-6-14-8-10/h7,10,14H,3-6,8-9H2,1-2H3,(H,15,16,17). The van der Waals surface area contributed by atoms with Crippen LogP contribution in [0.2, 0.25) is 0 Å². The summed E-state index contributed by atoms with van der Waals surface area (Å²) in [7, 11) is 0. The molecule has 1 unspecified atom stereocenters. The van der Waals surface area contributed by atoms with Crippen molar-refractivity contribution in [3.8, 4) is 0 Å². The monoisotopic (exact) mass is 234 g/mol. The molecule has 4 nitrogen and oxygen atoms in total. The molecule has 94 valence electrons. The van der Waals surface area contributed by atoms with E-state index in [1.165, 1.54) is 6.42 Å². The third-order valence-electron chi connectivity index (χ3n) is 3.27. The Labute approximate surface area is 103 Å². The zero-order valence-corrected chi connectivity index (χ0v) is 10.8. The molecule has 2 heterocycles. The van der Waals surface area contributed by atoms with Crippen LogP contribution < -0.4 is 10.6 Å². The summed E-state index contributed by atoms with van der Waals surface area (Å²) in [5, 5.41) is 6.75. The van der Waals surface area contributed by atoms with Crippen LogP contribution in [0.4, 0.5) is 5.95 Å². The summed E-state index contributed by atoms with van der Waals surface area (Å²) in [5.41, 5.74) is 2.26. The highest BCUT2D eigenvalue weighted by atomic mass is 15.1. The zero-order chi connectivity index (χ0) is 12.1. The van der Waals surface area contributed by atoms with E-state index in [0.29, 0.717) is 5.92 Å². The summed E-state index contributed by atoms with van der Waals surface area (Å²) in [6.45, 7) is 7.49. The Bertz CT molecular complexity index is 336. The fraction of sp³-hybridized carbons (Fsp3) is 0.692. The largest absolute Gasteiger partial charge is 0.354 e. The number of hydrogen-bond acceptors (Lipinski definition) is 4. The molecular weight excluding hydrogens is 212 g/mol. The Morgan fingerprint density at radius 2 is 2.00 bits per heavy atom. The normalized spacial score (nSPS) is 19.5. The molecule has 4 heteroatoms. The Kier molecular flexibility index (Phi) is 4.31. The van der Waals surface area contributed by atoms with Gasteiger partial charge in [0.05, 0.1) is 0 Å². The van der Waals surface area contributed by atoms with E-state index < -0.39 is 0 Å². The second-order valence-electron chi connectivity index (χ2n) is 4.62. The SMILES string of the molecule is CCc1cc(CC)nc(NCC2CCNC2)n1. The first-order valence-electron chi connectivity index (χ1n) is 6.63. The molecule has 1 atom stereocenters. The van der Waals surface area contributed by atoms with Crippen molar-refractivity contribution in [2.75, 3.05) is 25.0 Å². The van der Waals surface area contributed by atoms with Gasteiger partial charge < -0.3 is 10.6 Å². The third-order valence-corrected chi connectivity index (χ3v) is 3.27. The van der Waals surface area contributed by atoms with Crippen LogP contribution in [0.15, 0.2) is 6.07 Å². The molecule has 0 aromatic carbocycles. The lowest BCUT2D eigenvalue weighted by molar-refractivity contribution is 0.612. The van der Waals surface area contributed by atoms with Crippen molar-refractivity contribution in [3.63, 3.8) is 0 Å². The van der Waals surface area contributed by atoms with Crippen LogP contribution in [0.1, 0.15) is 31.7 Å². The maximum atomic E-state index is 4.52. The van der Waals surface area contributed by atoms with E-state index in [9.17, 15) is 0 Å². The number of hydrogen-bond donors (Lipinski definition) is 2. The van der Waals surface area contributed by atoms with Crippen molar-refractivity contribution < 1.29 is 0 Å². The minimum atomic E-state index is 0.717. The maximum Gasteiger partial charge on any atom is 0.223 e. The quantitative estimate of drug-likeness (QED) is 0.813. The van der Waals surface area contributed by atoms with Gasteiger partial charge >= 0.3 is 0 Å². The van der Waals surface area contributed by atoms with E-state index >= 15 is 0 Å². The van der Waals surface area contributed by atoms with Crippen LogP contribution in [-0.4, -0.2) is 29.6 Å². The molecule has 1 saturated heterocycles. The van der Waals surface area contributed by atoms with Gasteiger partial charge in [0, 0.05) is 17.9 Å². The van der Waals surface area contributed by atoms with E-state index in [-0.39, 0.29) is 0 Å². The van der Waals surface area contributed by atoms with Crippen LogP contribution in [0.25, 0.3) is 0 Å². The predicted molar refractivity (Wildman–Crippen MR) is 70.3 cm³/mol. The number of rotatable bonds is 5. The summed E-state index contributed by atoms with van der Waals surface area (Å²) in [6, 6.07) is 2.10. The molecule has 0 spiro atoms. The molecule has 0 aliphatic carbocycles. The predicted octanol–water partition coefficient (Wildman–Crippen LogP) is 1.62. The van der Waals surface area contributed by atoms with Gasteiger partial charge in [0.15, 0.2) is 0 Å². The van der Waals surface area contributed by atoms with E-state index in [1.54, 1.807) is 0 Å². The number of aryl methyl sites for hydroxylation is 2. The molecule has 1 aliphatic rings. The van der Waals surface area contributed by atoms with Gasteiger partial charge in [-0.05, 0) is 44.3 Å². The molecular formula is C13H22N4. The van der Waals surface area contributed by atoms with E-state index in [4.69, 9.17) is 0 Å². The second kappa shape index (κ2) is 5.96. The highest BCUT2D eigenvalue weighted by Gasteiger charge is 2.14. The van der Waals surface area contributed by atoms with Gasteiger partial charge in [-0.3, -0.25) is 0 Å². The average molecular weight is 234 g/mol. The lowest BCUT2D eigenvalue weighted by Gasteiger charge is -2.11. The smallest absolute Gasteiger partial charge is 0.223 e. The lowest BCUT2D eigenvalue weighted by atomic mass is 10.1. The van der Waals surface area contributed by atoms with Crippen molar-refractivity contribution in [1.82, 2.24) is 15.3 Å². The van der Waals surface area contributed by atoms with Gasteiger partial charge in [-0.15, -0.1) is 0 Å². The number of nitrogens with one attached hydrogen (secondary N) is 2. The Hall–Kier alpha value is -1.16. The highest BCUT2D eigenvalue weighted by Crippen LogP contribution is 2.10. The highest BCUT2D eigenvalue weighted by molar-refractivity contribution is 5.28. The number of anilines is 1. The average Bonchev–Trinajstić information content (AvgIpc) is 2.89. The van der Waals surface area contributed by atoms with Crippen LogP contribution >= 0.6 is 0 Å². The maximum absolute atomic E-state index is 4.52. The minimum Gasteiger partial charge on any atom is -0.354 e. The summed E-state index contributed by atoms with van der Waals surface area (Å²) in [4.78, 5) is 9.04. The van der Waals surface area contributed by atoms with E-state index in [2.05, 4.69) is 40.5 Å². The van der Waals surface area contributed by atoms with Crippen molar-refractivity contribution in [2.45, 2.75) is 33.1 Å². The Morgan fingerprint density at radius 1 is 1.29 bits per heavy atom. The van der Waals surface area contributed by atoms with Crippen LogP contribution in [0.3, 0.4) is 0 Å². The van der Waals surface area contributed by atoms with Crippen LogP contribution in [0, 0.1) is 5.92 Å². The molecule has 1 fully saturated rings. The van der Waals surface area contributed by atoms with Gasteiger partial charge in [-0.1, -0.05) is 13.8 Å². The molecule has 2 N–H and O–H groups in total. The molecule has 1 aromatic rings. The van der Waals surface area contributed by atoms with E-state index in [1.807, 2.05) is 0 Å². The molecule has 0 amide bonds. The minimum absolute atomic E-state index is 0.717. The van der Waals surface area contributed by atoms with Gasteiger partial charge in [-0.2, -0.15) is 0 Å². The van der Waals surface area contributed by atoms with Crippen molar-refractivity contribution in [3.05, 3.63) is 17.5 Å². The summed E-state index contributed by atoms with van der Waals surface area (Å²) in [5.74, 6) is 1.52. The fourth-order valence-corrected chi connectivity index (χ4v) is 2.12. The first-order valence-corrected chi connectivity index (χ1v) is 6.63. The van der Waals surface area contributed by atoms with Crippen LogP contribution in [-0.2, 0) is 12.8 Å². The van der Waals surface area contributed by atoms with Crippen molar-refractivity contribution in [1.29, 1.82) is 0 Å². The molecule has 1 aliphatic heterocycles. The van der Waals surface area contributed by atoms with Crippen LogP contribution in [0.5, 0.6) is 0 Å². The second-order valence-corrected chi connectivity index (χ2v) is 4.62. The molecule has 17 heavy (non-hydrogen) atoms. The number of nitrogens with zero attached hydrogens (tertiary/aromatic N) is 2. The first-order chi connectivity index (χ1) is 8.31. The summed E-state index contributed by atoms with van der Waals surface area (Å²) < 4.78 is 0. The Balaban J connectivity index is 1.98. The molecule has 0 radical (unpaired) electrons. The van der Waals surface area contributed by atoms with E-state index in [0.717, 1.165) is 49.8 Å². The van der Waals surface area contributed by atoms with Crippen molar-refractivity contribution >= 4 is 5.95 Å². The zero-order valence-electron chi connectivity index (χ0n) is 10.8. The molecule has 2 rings (SSSR count). The van der Waals surface area contributed by atoms with Gasteiger partial charge in [0.1, 0.15) is 0 Å². The lowest BCUT2D eigenvalue weighted by Crippen LogP contribution is -2.18. The molecule has 1 aromatic heterocycles. The molecule has 0 saturated carbocycles. The van der Waals surface area contributed by atoms with Gasteiger partial charge in [-0.25, -0.2) is 9.97 Å². The van der Waals surface area contributed by atoms with Crippen molar-refractivity contribution in [2.24, 2.45) is 5.92 Å². The fourth-order valence-electron chi connectivity index (χ4n) is 2.12.